The molecule has 17 heteroatoms. The number of aliphatic hydroxyl groups excluding tert-OH is 5. The van der Waals surface area contributed by atoms with Crippen LogP contribution in [0.2, 0.25) is 0 Å². The SMILES string of the molecule is CC(=O)N[C@H]1C(O)O[C@H](CO)[C@H](OS(=O)(=O)O)[C@@H]1O[C@@H]1O[C@H](C(=O)O)[C@H](O)[C@H](O)[C@H]1O. The quantitative estimate of drug-likeness (QED) is 0.159. The predicted octanol–water partition coefficient (Wildman–Crippen LogP) is -5.33. The number of aliphatic hydroxyl groups is 5. The van der Waals surface area contributed by atoms with E-state index in [4.69, 9.17) is 23.9 Å². The van der Waals surface area contributed by atoms with Crippen molar-refractivity contribution in [2.24, 2.45) is 0 Å². The van der Waals surface area contributed by atoms with Crippen molar-refractivity contribution in [3.63, 3.8) is 0 Å². The molecule has 0 radical (unpaired) electrons. The molecule has 0 aliphatic carbocycles. The van der Waals surface area contributed by atoms with Gasteiger partial charge in [0.15, 0.2) is 18.7 Å². The first kappa shape index (κ1) is 25.7. The summed E-state index contributed by atoms with van der Waals surface area (Å²) in [5.74, 6) is -2.52. The summed E-state index contributed by atoms with van der Waals surface area (Å²) in [5, 5.41) is 60.6. The molecule has 0 aromatic heterocycles. The normalized spacial score (nSPS) is 41.5. The zero-order valence-corrected chi connectivity index (χ0v) is 16.6. The number of hydrogen-bond donors (Lipinski definition) is 8. The summed E-state index contributed by atoms with van der Waals surface area (Å²) in [7, 11) is -5.22. The highest BCUT2D eigenvalue weighted by Gasteiger charge is 2.53. The van der Waals surface area contributed by atoms with Crippen molar-refractivity contribution in [1.29, 1.82) is 0 Å². The van der Waals surface area contributed by atoms with Gasteiger partial charge >= 0.3 is 16.4 Å². The highest BCUT2D eigenvalue weighted by atomic mass is 32.3. The lowest BCUT2D eigenvalue weighted by molar-refractivity contribution is -0.334. The van der Waals surface area contributed by atoms with E-state index >= 15 is 0 Å². The van der Waals surface area contributed by atoms with E-state index in [1.54, 1.807) is 0 Å². The molecule has 0 bridgehead atoms. The Labute approximate surface area is 174 Å². The molecule has 0 spiro atoms. The molecule has 10 atom stereocenters. The van der Waals surface area contributed by atoms with Crippen LogP contribution >= 0.6 is 0 Å². The number of aliphatic carboxylic acids is 1. The average molecular weight is 477 g/mol. The van der Waals surface area contributed by atoms with Crippen LogP contribution < -0.4 is 5.32 Å². The third kappa shape index (κ3) is 6.05. The molecule has 0 saturated carbocycles. The first-order valence-electron chi connectivity index (χ1n) is 8.72. The minimum atomic E-state index is -5.22. The first-order valence-corrected chi connectivity index (χ1v) is 10.1. The number of amides is 1. The van der Waals surface area contributed by atoms with Crippen LogP contribution in [0.3, 0.4) is 0 Å². The van der Waals surface area contributed by atoms with Gasteiger partial charge in [-0.15, -0.1) is 0 Å². The number of carbonyl (C=O) groups is 2. The predicted molar refractivity (Wildman–Crippen MR) is 91.2 cm³/mol. The number of carbonyl (C=O) groups excluding carboxylic acids is 1. The van der Waals surface area contributed by atoms with Crippen LogP contribution in [0.5, 0.6) is 0 Å². The largest absolute Gasteiger partial charge is 0.479 e. The van der Waals surface area contributed by atoms with Crippen LogP contribution in [-0.4, -0.2) is 123 Å². The molecular weight excluding hydrogens is 454 g/mol. The average Bonchev–Trinajstić information content (AvgIpc) is 2.64. The fourth-order valence-electron chi connectivity index (χ4n) is 3.19. The summed E-state index contributed by atoms with van der Waals surface area (Å²) in [6.07, 6.45) is -17.8. The van der Waals surface area contributed by atoms with Gasteiger partial charge in [-0.05, 0) is 0 Å². The third-order valence-electron chi connectivity index (χ3n) is 4.55. The molecule has 2 rings (SSSR count). The number of carboxylic acids is 1. The molecule has 180 valence electrons. The van der Waals surface area contributed by atoms with Crippen molar-refractivity contribution in [3.8, 4) is 0 Å². The lowest BCUT2D eigenvalue weighted by Crippen LogP contribution is -2.68. The summed E-state index contributed by atoms with van der Waals surface area (Å²) >= 11 is 0. The zero-order valence-electron chi connectivity index (χ0n) is 15.8. The van der Waals surface area contributed by atoms with Gasteiger partial charge in [-0.3, -0.25) is 9.35 Å². The van der Waals surface area contributed by atoms with Crippen molar-refractivity contribution < 1.29 is 71.6 Å². The van der Waals surface area contributed by atoms with Crippen molar-refractivity contribution in [3.05, 3.63) is 0 Å². The Morgan fingerprint density at radius 1 is 1.03 bits per heavy atom. The van der Waals surface area contributed by atoms with Crippen LogP contribution in [0.4, 0.5) is 0 Å². The number of nitrogens with one attached hydrogen (secondary N) is 1. The highest BCUT2D eigenvalue weighted by Crippen LogP contribution is 2.30. The van der Waals surface area contributed by atoms with Crippen LogP contribution in [0.25, 0.3) is 0 Å². The Bertz CT molecular complexity index is 761. The summed E-state index contributed by atoms with van der Waals surface area (Å²) in [6.45, 7) is 0.0319. The smallest absolute Gasteiger partial charge is 0.397 e. The van der Waals surface area contributed by atoms with Gasteiger partial charge in [0.1, 0.15) is 42.7 Å². The molecule has 2 heterocycles. The monoisotopic (exact) mass is 477 g/mol. The summed E-state index contributed by atoms with van der Waals surface area (Å²) in [4.78, 5) is 22.8. The lowest BCUT2D eigenvalue weighted by Gasteiger charge is -2.46. The first-order chi connectivity index (χ1) is 14.3. The second-order valence-corrected chi connectivity index (χ2v) is 7.85. The van der Waals surface area contributed by atoms with Crippen molar-refractivity contribution in [2.75, 3.05) is 6.61 Å². The summed E-state index contributed by atoms with van der Waals surface area (Å²) in [5.41, 5.74) is 0. The molecule has 0 aromatic carbocycles. The number of hydrogen-bond acceptors (Lipinski definition) is 13. The molecular formula is C14H23NO15S. The molecule has 2 aliphatic heterocycles. The van der Waals surface area contributed by atoms with Crippen LogP contribution in [0.1, 0.15) is 6.92 Å². The minimum Gasteiger partial charge on any atom is -0.479 e. The number of ether oxygens (including phenoxy) is 3. The van der Waals surface area contributed by atoms with E-state index in [1.807, 2.05) is 0 Å². The highest BCUT2D eigenvalue weighted by molar-refractivity contribution is 7.80. The Morgan fingerprint density at radius 3 is 2.13 bits per heavy atom. The molecule has 1 amide bonds. The van der Waals surface area contributed by atoms with Crippen LogP contribution in [-0.2, 0) is 38.4 Å². The maximum absolute atomic E-state index is 11.5. The molecule has 2 fully saturated rings. The van der Waals surface area contributed by atoms with Gasteiger partial charge in [0.25, 0.3) is 0 Å². The fraction of sp³-hybridized carbons (Fsp3) is 0.857. The standard InChI is InChI=1S/C14H23NO15S/c1-3(17)15-5-10(9(30-31(24,25)26)4(2-16)27-13(5)23)28-14-8(20)6(18)7(19)11(29-14)12(21)22/h4-11,13-14,16,18-20,23H,2H2,1H3,(H,15,17)(H,21,22)(H,24,25,26)/t4-,5-,6+,7-,8-,9+,10-,11+,13?,14-/m1/s1. The van der Waals surface area contributed by atoms with Crippen LogP contribution in [0.15, 0.2) is 0 Å². The maximum Gasteiger partial charge on any atom is 0.397 e. The topological polar surface area (TPSA) is 259 Å². The van der Waals surface area contributed by atoms with E-state index in [1.165, 1.54) is 0 Å². The molecule has 16 nitrogen and oxygen atoms in total. The molecule has 2 aliphatic rings. The molecule has 2 saturated heterocycles. The minimum absolute atomic E-state index is 0.779. The van der Waals surface area contributed by atoms with E-state index in [9.17, 15) is 43.5 Å². The van der Waals surface area contributed by atoms with Gasteiger partial charge in [-0.2, -0.15) is 8.42 Å². The Balaban J connectivity index is 2.42. The van der Waals surface area contributed by atoms with Crippen molar-refractivity contribution in [2.45, 2.75) is 68.3 Å². The van der Waals surface area contributed by atoms with E-state index < -0.39 is 90.2 Å². The molecule has 1 unspecified atom stereocenters. The zero-order chi connectivity index (χ0) is 23.7. The maximum atomic E-state index is 11.5. The van der Waals surface area contributed by atoms with Gasteiger partial charge in [0.05, 0.1) is 6.61 Å². The second-order valence-electron chi connectivity index (χ2n) is 6.80. The summed E-state index contributed by atoms with van der Waals surface area (Å²) < 4.78 is 51.3. The van der Waals surface area contributed by atoms with E-state index in [-0.39, 0.29) is 0 Å². The van der Waals surface area contributed by atoms with Gasteiger partial charge < -0.3 is 50.2 Å². The molecule has 31 heavy (non-hydrogen) atoms. The lowest BCUT2D eigenvalue weighted by atomic mass is 9.95. The fourth-order valence-corrected chi connectivity index (χ4v) is 3.71. The number of carboxylic acid groups (broad SMARTS) is 1. The second kappa shape index (κ2) is 9.96. The Kier molecular flexibility index (Phi) is 8.27. The van der Waals surface area contributed by atoms with Crippen molar-refractivity contribution >= 4 is 22.3 Å². The third-order valence-corrected chi connectivity index (χ3v) is 5.02. The Morgan fingerprint density at radius 2 is 1.65 bits per heavy atom. The number of rotatable bonds is 7. The van der Waals surface area contributed by atoms with Crippen LogP contribution in [0, 0.1) is 0 Å². The molecule has 0 aromatic rings. The van der Waals surface area contributed by atoms with E-state index in [0.29, 0.717) is 0 Å². The van der Waals surface area contributed by atoms with Gasteiger partial charge in [-0.1, -0.05) is 0 Å². The van der Waals surface area contributed by atoms with Gasteiger partial charge in [0.2, 0.25) is 5.91 Å². The van der Waals surface area contributed by atoms with E-state index in [0.717, 1.165) is 6.92 Å². The van der Waals surface area contributed by atoms with Gasteiger partial charge in [0, 0.05) is 6.92 Å². The summed E-state index contributed by atoms with van der Waals surface area (Å²) in [6, 6.07) is -1.64. The Hall–Kier alpha value is -1.51. The van der Waals surface area contributed by atoms with Gasteiger partial charge in [-0.25, -0.2) is 8.98 Å². The van der Waals surface area contributed by atoms with Crippen molar-refractivity contribution in [1.82, 2.24) is 5.32 Å². The van der Waals surface area contributed by atoms with E-state index in [2.05, 4.69) is 9.50 Å². The molecule has 8 N–H and O–H groups in total.